The van der Waals surface area contributed by atoms with Crippen LogP contribution in [0.3, 0.4) is 0 Å². The van der Waals surface area contributed by atoms with Gasteiger partial charge in [0.15, 0.2) is 0 Å². The zero-order chi connectivity index (χ0) is 21.1. The molecular weight excluding hydrogens is 374 g/mol. The Balaban J connectivity index is 1.81. The largest absolute Gasteiger partial charge is 0.354 e. The van der Waals surface area contributed by atoms with E-state index in [2.05, 4.69) is 15.6 Å². The number of Topliss-reactive ketones (excluding diaryl/α,β-unsaturated/α-hetero) is 1. The summed E-state index contributed by atoms with van der Waals surface area (Å²) in [4.78, 5) is 29.8. The van der Waals surface area contributed by atoms with Crippen LogP contribution in [0.4, 0.5) is 11.4 Å². The second-order valence-corrected chi connectivity index (χ2v) is 8.05. The highest BCUT2D eigenvalue weighted by Crippen LogP contribution is 2.32. The van der Waals surface area contributed by atoms with Crippen LogP contribution >= 0.6 is 0 Å². The third-order valence-corrected chi connectivity index (χ3v) is 5.44. The number of benzene rings is 2. The summed E-state index contributed by atoms with van der Waals surface area (Å²) in [6.45, 7) is 4.02. The van der Waals surface area contributed by atoms with E-state index < -0.39 is 0 Å². The first-order valence-electron chi connectivity index (χ1n) is 10.6. The number of amides is 1. The van der Waals surface area contributed by atoms with Crippen LogP contribution in [0.15, 0.2) is 48.7 Å². The van der Waals surface area contributed by atoms with Crippen molar-refractivity contribution in [3.63, 3.8) is 0 Å². The van der Waals surface area contributed by atoms with Gasteiger partial charge < -0.3 is 10.6 Å². The number of nitrogens with one attached hydrogen (secondary N) is 2. The Kier molecular flexibility index (Phi) is 5.79. The number of carbonyl (C=O) groups excluding carboxylic acids is 2. The summed E-state index contributed by atoms with van der Waals surface area (Å²) >= 11 is 0. The molecule has 0 radical (unpaired) electrons. The van der Waals surface area contributed by atoms with Crippen LogP contribution in [-0.4, -0.2) is 22.7 Å². The maximum absolute atomic E-state index is 12.9. The highest BCUT2D eigenvalue weighted by molar-refractivity contribution is 6.08. The molecule has 5 heteroatoms. The van der Waals surface area contributed by atoms with Crippen LogP contribution in [0.5, 0.6) is 0 Å². The van der Waals surface area contributed by atoms with Gasteiger partial charge in [-0.2, -0.15) is 0 Å². The molecule has 1 saturated carbocycles. The average molecular weight is 402 g/mol. The molecule has 1 aliphatic rings. The van der Waals surface area contributed by atoms with Crippen LogP contribution in [0.25, 0.3) is 10.9 Å². The second kappa shape index (κ2) is 8.66. The van der Waals surface area contributed by atoms with Crippen molar-refractivity contribution >= 4 is 34.0 Å². The molecule has 0 saturated heterocycles. The molecule has 1 heterocycles. The summed E-state index contributed by atoms with van der Waals surface area (Å²) in [6.07, 6.45) is 5.52. The minimum Gasteiger partial charge on any atom is -0.354 e. The van der Waals surface area contributed by atoms with Crippen molar-refractivity contribution < 1.29 is 9.59 Å². The molecule has 2 N–H and O–H groups in total. The molecule has 3 aromatic rings. The Morgan fingerprint density at radius 1 is 1.13 bits per heavy atom. The predicted molar refractivity (Wildman–Crippen MR) is 120 cm³/mol. The van der Waals surface area contributed by atoms with E-state index in [0.717, 1.165) is 52.7 Å². The normalized spacial score (nSPS) is 13.3. The number of aromatic nitrogens is 1. The van der Waals surface area contributed by atoms with Crippen molar-refractivity contribution in [3.8, 4) is 0 Å². The molecule has 0 bridgehead atoms. The zero-order valence-corrected chi connectivity index (χ0v) is 17.5. The summed E-state index contributed by atoms with van der Waals surface area (Å²) in [5, 5.41) is 7.35. The molecule has 4 rings (SSSR count). The van der Waals surface area contributed by atoms with Crippen molar-refractivity contribution in [1.29, 1.82) is 0 Å². The lowest BCUT2D eigenvalue weighted by Crippen LogP contribution is -2.26. The van der Waals surface area contributed by atoms with Gasteiger partial charge in [0.1, 0.15) is 5.78 Å². The Morgan fingerprint density at radius 3 is 2.60 bits per heavy atom. The topological polar surface area (TPSA) is 71.1 Å². The number of nitrogens with zero attached hydrogens (tertiary/aromatic N) is 1. The lowest BCUT2D eigenvalue weighted by Gasteiger charge is -2.16. The number of para-hydroxylation sites is 1. The number of hydrogen-bond donors (Lipinski definition) is 2. The van der Waals surface area contributed by atoms with Gasteiger partial charge in [-0.1, -0.05) is 25.1 Å². The summed E-state index contributed by atoms with van der Waals surface area (Å²) < 4.78 is 0. The summed E-state index contributed by atoms with van der Waals surface area (Å²) in [5.74, 6) is 0.114. The minimum absolute atomic E-state index is 0.116. The van der Waals surface area contributed by atoms with Gasteiger partial charge in [0.25, 0.3) is 5.91 Å². The molecule has 1 amide bonds. The molecule has 154 valence electrons. The van der Waals surface area contributed by atoms with Crippen molar-refractivity contribution in [2.24, 2.45) is 0 Å². The molecule has 2 aromatic carbocycles. The smallest absolute Gasteiger partial charge is 0.255 e. The quantitative estimate of drug-likeness (QED) is 0.551. The van der Waals surface area contributed by atoms with E-state index in [1.165, 1.54) is 0 Å². The van der Waals surface area contributed by atoms with Crippen LogP contribution in [-0.2, 0) is 11.2 Å². The number of pyridine rings is 1. The van der Waals surface area contributed by atoms with Crippen molar-refractivity contribution in [2.75, 3.05) is 5.32 Å². The molecular formula is C25H27N3O2. The fourth-order valence-electron chi connectivity index (χ4n) is 3.62. The van der Waals surface area contributed by atoms with E-state index in [1.54, 1.807) is 6.20 Å². The Morgan fingerprint density at radius 2 is 1.90 bits per heavy atom. The number of carbonyl (C=O) groups is 2. The molecule has 5 nitrogen and oxygen atoms in total. The van der Waals surface area contributed by atoms with E-state index in [0.29, 0.717) is 18.4 Å². The molecule has 1 fully saturated rings. The van der Waals surface area contributed by atoms with Crippen molar-refractivity contribution in [3.05, 3.63) is 65.4 Å². The summed E-state index contributed by atoms with van der Waals surface area (Å²) in [7, 11) is 0. The predicted octanol–water partition coefficient (Wildman–Crippen LogP) is 5.09. The third kappa shape index (κ3) is 4.51. The Labute approximate surface area is 176 Å². The standard InChI is InChI=1S/C25H27N3O2/c1-3-7-20(29)13-17-14-21-23(12-16(17)2)26-15-22(25(30)28-19-10-11-19)24(21)27-18-8-5-4-6-9-18/h4-6,8-9,12,14-15,19H,3,7,10-11,13H2,1-2H3,(H,26,27)(H,28,30). The van der Waals surface area contributed by atoms with Gasteiger partial charge in [0.2, 0.25) is 0 Å². The lowest BCUT2D eigenvalue weighted by atomic mass is 9.97. The van der Waals surface area contributed by atoms with E-state index in [1.807, 2.05) is 56.3 Å². The molecule has 0 unspecified atom stereocenters. The maximum atomic E-state index is 12.9. The summed E-state index contributed by atoms with van der Waals surface area (Å²) in [5.41, 5.74) is 4.98. The van der Waals surface area contributed by atoms with Crippen LogP contribution in [0, 0.1) is 6.92 Å². The molecule has 0 spiro atoms. The van der Waals surface area contributed by atoms with Crippen molar-refractivity contribution in [1.82, 2.24) is 10.3 Å². The van der Waals surface area contributed by atoms with Crippen molar-refractivity contribution in [2.45, 2.75) is 52.0 Å². The third-order valence-electron chi connectivity index (χ3n) is 5.44. The van der Waals surface area contributed by atoms with Gasteiger partial charge in [-0.25, -0.2) is 0 Å². The van der Waals surface area contributed by atoms with E-state index in [4.69, 9.17) is 0 Å². The van der Waals surface area contributed by atoms with E-state index in [9.17, 15) is 9.59 Å². The second-order valence-electron chi connectivity index (χ2n) is 8.05. The number of anilines is 2. The molecule has 0 atom stereocenters. The molecule has 1 aromatic heterocycles. The van der Waals surface area contributed by atoms with Gasteiger partial charge in [-0.15, -0.1) is 0 Å². The fraction of sp³-hybridized carbons (Fsp3) is 0.320. The average Bonchev–Trinajstić information content (AvgIpc) is 3.54. The molecule has 30 heavy (non-hydrogen) atoms. The molecule has 1 aliphatic carbocycles. The maximum Gasteiger partial charge on any atom is 0.255 e. The van der Waals surface area contributed by atoms with E-state index >= 15 is 0 Å². The van der Waals surface area contributed by atoms with E-state index in [-0.39, 0.29) is 17.7 Å². The number of rotatable bonds is 8. The minimum atomic E-state index is -0.116. The van der Waals surface area contributed by atoms with Gasteiger partial charge in [-0.05, 0) is 61.6 Å². The number of aryl methyl sites for hydroxylation is 1. The first-order valence-corrected chi connectivity index (χ1v) is 10.6. The van der Waals surface area contributed by atoms with Gasteiger partial charge in [0, 0.05) is 36.2 Å². The fourth-order valence-corrected chi connectivity index (χ4v) is 3.62. The van der Waals surface area contributed by atoms with Gasteiger partial charge in [-0.3, -0.25) is 14.6 Å². The van der Waals surface area contributed by atoms with Gasteiger partial charge >= 0.3 is 0 Å². The first-order chi connectivity index (χ1) is 14.5. The highest BCUT2D eigenvalue weighted by atomic mass is 16.1. The van der Waals surface area contributed by atoms with Crippen LogP contribution in [0.1, 0.15) is 54.1 Å². The SMILES string of the molecule is CCCC(=O)Cc1cc2c(Nc3ccccc3)c(C(=O)NC3CC3)cnc2cc1C. The number of ketones is 1. The first kappa shape index (κ1) is 20.1. The lowest BCUT2D eigenvalue weighted by molar-refractivity contribution is -0.118. The Bertz CT molecular complexity index is 1090. The summed E-state index contributed by atoms with van der Waals surface area (Å²) in [6, 6.07) is 14.1. The highest BCUT2D eigenvalue weighted by Gasteiger charge is 2.26. The molecule has 0 aliphatic heterocycles. The Hall–Kier alpha value is -3.21. The zero-order valence-electron chi connectivity index (χ0n) is 17.5. The van der Waals surface area contributed by atoms with Gasteiger partial charge in [0.05, 0.1) is 16.8 Å². The number of fused-ring (bicyclic) bond motifs is 1. The van der Waals surface area contributed by atoms with Crippen LogP contribution < -0.4 is 10.6 Å². The monoisotopic (exact) mass is 401 g/mol. The number of hydrogen-bond acceptors (Lipinski definition) is 4. The van der Waals surface area contributed by atoms with Crippen LogP contribution in [0.2, 0.25) is 0 Å².